The van der Waals surface area contributed by atoms with Gasteiger partial charge in [0.2, 0.25) is 27.6 Å². The van der Waals surface area contributed by atoms with E-state index in [2.05, 4.69) is 15.5 Å². The molecule has 0 bridgehead atoms. The molecule has 0 spiro atoms. The van der Waals surface area contributed by atoms with Crippen LogP contribution in [0.25, 0.3) is 11.4 Å². The van der Waals surface area contributed by atoms with Gasteiger partial charge in [0.05, 0.1) is 23.4 Å². The molecule has 1 heterocycles. The number of carbonyl (C=O) groups is 1. The van der Waals surface area contributed by atoms with Crippen molar-refractivity contribution in [2.45, 2.75) is 19.5 Å². The third kappa shape index (κ3) is 5.22. The molecule has 0 aliphatic heterocycles. The van der Waals surface area contributed by atoms with Crippen molar-refractivity contribution in [1.82, 2.24) is 15.5 Å². The maximum Gasteiger partial charge on any atom is 0.271 e. The lowest BCUT2D eigenvalue weighted by molar-refractivity contribution is -0.384. The van der Waals surface area contributed by atoms with Crippen molar-refractivity contribution in [2.24, 2.45) is 0 Å². The molecule has 1 unspecified atom stereocenters. The Balaban J connectivity index is 1.75. The van der Waals surface area contributed by atoms with Crippen LogP contribution in [0.3, 0.4) is 0 Å². The molecule has 11 nitrogen and oxygen atoms in total. The van der Waals surface area contributed by atoms with Crippen LogP contribution in [-0.4, -0.2) is 41.7 Å². The van der Waals surface area contributed by atoms with Crippen molar-refractivity contribution in [3.05, 3.63) is 70.6 Å². The van der Waals surface area contributed by atoms with Crippen molar-refractivity contribution in [1.29, 1.82) is 0 Å². The number of amides is 1. The fourth-order valence-corrected chi connectivity index (χ4v) is 4.06. The molecule has 0 aliphatic carbocycles. The molecule has 3 aromatic rings. The van der Waals surface area contributed by atoms with Crippen LogP contribution >= 0.6 is 0 Å². The summed E-state index contributed by atoms with van der Waals surface area (Å²) < 4.78 is 30.6. The van der Waals surface area contributed by atoms with E-state index in [9.17, 15) is 23.3 Å². The SMILES string of the molecule is CC(C(=O)NCc1nc(-c2ccccc2)no1)N(c1cccc([N+](=O)[O-])c1)S(C)(=O)=O. The lowest BCUT2D eigenvalue weighted by Gasteiger charge is -2.27. The van der Waals surface area contributed by atoms with Crippen molar-refractivity contribution in [3.8, 4) is 11.4 Å². The minimum atomic E-state index is -3.92. The zero-order valence-corrected chi connectivity index (χ0v) is 17.4. The van der Waals surface area contributed by atoms with Gasteiger partial charge in [0.1, 0.15) is 6.04 Å². The molecular weight excluding hydrogens is 426 g/mol. The van der Waals surface area contributed by atoms with Crippen molar-refractivity contribution in [2.75, 3.05) is 10.6 Å². The molecule has 12 heteroatoms. The normalized spacial score (nSPS) is 12.2. The zero-order valence-electron chi connectivity index (χ0n) is 16.6. The second kappa shape index (κ2) is 8.92. The highest BCUT2D eigenvalue weighted by Crippen LogP contribution is 2.25. The van der Waals surface area contributed by atoms with E-state index in [0.717, 1.165) is 22.2 Å². The molecule has 2 aromatic carbocycles. The standard InChI is InChI=1S/C19H19N5O6S/c1-13(23(31(2,28)29)15-9-6-10-16(11-15)24(26)27)19(25)20-12-17-21-18(22-30-17)14-7-4-3-5-8-14/h3-11,13H,12H2,1-2H3,(H,20,25). The second-order valence-corrected chi connectivity index (χ2v) is 8.47. The van der Waals surface area contributed by atoms with Crippen LogP contribution in [0.4, 0.5) is 11.4 Å². The predicted octanol–water partition coefficient (Wildman–Crippen LogP) is 2.12. The summed E-state index contributed by atoms with van der Waals surface area (Å²) in [5.41, 5.74) is 0.452. The van der Waals surface area contributed by atoms with Crippen LogP contribution in [0.15, 0.2) is 59.1 Å². The van der Waals surface area contributed by atoms with Crippen LogP contribution in [0.1, 0.15) is 12.8 Å². The van der Waals surface area contributed by atoms with Gasteiger partial charge in [-0.2, -0.15) is 4.98 Å². The molecule has 31 heavy (non-hydrogen) atoms. The molecule has 162 valence electrons. The molecule has 1 atom stereocenters. The molecule has 0 saturated heterocycles. The number of non-ortho nitro benzene ring substituents is 1. The lowest BCUT2D eigenvalue weighted by Crippen LogP contribution is -2.47. The quantitative estimate of drug-likeness (QED) is 0.409. The summed E-state index contributed by atoms with van der Waals surface area (Å²) in [5, 5.41) is 17.4. The Labute approximate surface area is 177 Å². The van der Waals surface area contributed by atoms with Crippen LogP contribution in [0.5, 0.6) is 0 Å². The van der Waals surface area contributed by atoms with Gasteiger partial charge in [0, 0.05) is 17.7 Å². The number of rotatable bonds is 8. The van der Waals surface area contributed by atoms with Crippen LogP contribution < -0.4 is 9.62 Å². The van der Waals surface area contributed by atoms with Crippen molar-refractivity contribution in [3.63, 3.8) is 0 Å². The number of nitrogens with one attached hydrogen (secondary N) is 1. The molecule has 0 fully saturated rings. The number of nitrogens with zero attached hydrogens (tertiary/aromatic N) is 4. The highest BCUT2D eigenvalue weighted by atomic mass is 32.2. The van der Waals surface area contributed by atoms with E-state index in [0.29, 0.717) is 5.82 Å². The zero-order chi connectivity index (χ0) is 22.6. The Morgan fingerprint density at radius 3 is 2.58 bits per heavy atom. The van der Waals surface area contributed by atoms with E-state index in [4.69, 9.17) is 4.52 Å². The maximum atomic E-state index is 12.6. The van der Waals surface area contributed by atoms with Gasteiger partial charge in [0.15, 0.2) is 0 Å². The first-order valence-electron chi connectivity index (χ1n) is 9.06. The highest BCUT2D eigenvalue weighted by Gasteiger charge is 2.30. The molecule has 1 aromatic heterocycles. The van der Waals surface area contributed by atoms with Crippen LogP contribution in [-0.2, 0) is 21.4 Å². The number of aromatic nitrogens is 2. The van der Waals surface area contributed by atoms with E-state index >= 15 is 0 Å². The Hall–Kier alpha value is -3.80. The molecule has 1 N–H and O–H groups in total. The number of hydrogen-bond donors (Lipinski definition) is 1. The molecule has 0 saturated carbocycles. The van der Waals surface area contributed by atoms with Gasteiger partial charge in [0.25, 0.3) is 5.69 Å². The van der Waals surface area contributed by atoms with Gasteiger partial charge in [-0.05, 0) is 13.0 Å². The fourth-order valence-electron chi connectivity index (χ4n) is 2.89. The molecule has 3 rings (SSSR count). The van der Waals surface area contributed by atoms with Gasteiger partial charge in [-0.3, -0.25) is 19.2 Å². The summed E-state index contributed by atoms with van der Waals surface area (Å²) in [6.45, 7) is 1.26. The summed E-state index contributed by atoms with van der Waals surface area (Å²) in [5.74, 6) is -0.149. The Morgan fingerprint density at radius 1 is 1.23 bits per heavy atom. The number of benzene rings is 2. The summed E-state index contributed by atoms with van der Waals surface area (Å²) in [7, 11) is -3.92. The molecule has 0 radical (unpaired) electrons. The molecule has 0 aliphatic rings. The number of nitro groups is 1. The average molecular weight is 445 g/mol. The largest absolute Gasteiger partial charge is 0.345 e. The van der Waals surface area contributed by atoms with Crippen molar-refractivity contribution < 1.29 is 22.7 Å². The van der Waals surface area contributed by atoms with E-state index in [1.54, 1.807) is 12.1 Å². The van der Waals surface area contributed by atoms with Crippen molar-refractivity contribution >= 4 is 27.3 Å². The third-order valence-corrected chi connectivity index (χ3v) is 5.54. The summed E-state index contributed by atoms with van der Waals surface area (Å²) >= 11 is 0. The second-order valence-electron chi connectivity index (χ2n) is 6.61. The van der Waals surface area contributed by atoms with E-state index < -0.39 is 26.9 Å². The molecular formula is C19H19N5O6S. The predicted molar refractivity (Wildman–Crippen MR) is 111 cm³/mol. The number of anilines is 1. The maximum absolute atomic E-state index is 12.6. The summed E-state index contributed by atoms with van der Waals surface area (Å²) in [6, 6.07) is 13.0. The van der Waals surface area contributed by atoms with E-state index in [1.807, 2.05) is 18.2 Å². The first-order chi connectivity index (χ1) is 14.7. The van der Waals surface area contributed by atoms with Gasteiger partial charge in [-0.1, -0.05) is 41.6 Å². The lowest BCUT2D eigenvalue weighted by atomic mass is 10.2. The fraction of sp³-hybridized carbons (Fsp3) is 0.211. The van der Waals surface area contributed by atoms with Crippen LogP contribution in [0, 0.1) is 10.1 Å². The minimum Gasteiger partial charge on any atom is -0.345 e. The minimum absolute atomic E-state index is 0.00324. The monoisotopic (exact) mass is 445 g/mol. The van der Waals surface area contributed by atoms with Gasteiger partial charge < -0.3 is 9.84 Å². The average Bonchev–Trinajstić information content (AvgIpc) is 3.21. The number of hydrogen-bond acceptors (Lipinski definition) is 8. The Kier molecular flexibility index (Phi) is 6.30. The number of carbonyl (C=O) groups excluding carboxylic acids is 1. The summed E-state index contributed by atoms with van der Waals surface area (Å²) in [4.78, 5) is 27.2. The number of sulfonamides is 1. The molecule has 1 amide bonds. The first-order valence-corrected chi connectivity index (χ1v) is 10.9. The van der Waals surface area contributed by atoms with E-state index in [-0.39, 0.29) is 23.8 Å². The van der Waals surface area contributed by atoms with Gasteiger partial charge >= 0.3 is 0 Å². The van der Waals surface area contributed by atoms with Gasteiger partial charge in [-0.25, -0.2) is 8.42 Å². The third-order valence-electron chi connectivity index (χ3n) is 4.30. The highest BCUT2D eigenvalue weighted by molar-refractivity contribution is 7.92. The number of nitro benzene ring substituents is 1. The first kappa shape index (κ1) is 21.9. The topological polar surface area (TPSA) is 149 Å². The smallest absolute Gasteiger partial charge is 0.271 e. The van der Waals surface area contributed by atoms with Gasteiger partial charge in [-0.15, -0.1) is 0 Å². The Morgan fingerprint density at radius 2 is 1.94 bits per heavy atom. The summed E-state index contributed by atoms with van der Waals surface area (Å²) in [6.07, 6.45) is 0.916. The van der Waals surface area contributed by atoms with Crippen LogP contribution in [0.2, 0.25) is 0 Å². The van der Waals surface area contributed by atoms with E-state index in [1.165, 1.54) is 25.1 Å². The Bertz CT molecular complexity index is 1200.